The average Bonchev–Trinajstić information content (AvgIpc) is 3.08. The molecule has 0 saturated heterocycles. The molecule has 3 nitrogen and oxygen atoms in total. The summed E-state index contributed by atoms with van der Waals surface area (Å²) in [5.41, 5.74) is 7.23. The lowest BCUT2D eigenvalue weighted by atomic mass is 9.98. The SMILES string of the molecule is Cc1cc(OCC2=C(c3ccc(Cl)cc3)CCC2)cc(C)c1CCC(=O)O. The van der Waals surface area contributed by atoms with Crippen LogP contribution in [-0.4, -0.2) is 17.7 Å². The van der Waals surface area contributed by atoms with E-state index in [1.165, 1.54) is 16.7 Å². The van der Waals surface area contributed by atoms with Crippen LogP contribution in [0.15, 0.2) is 42.0 Å². The van der Waals surface area contributed by atoms with E-state index >= 15 is 0 Å². The van der Waals surface area contributed by atoms with E-state index in [1.807, 2.05) is 38.1 Å². The van der Waals surface area contributed by atoms with Gasteiger partial charge in [0.15, 0.2) is 0 Å². The Bertz CT molecular complexity index is 843. The molecule has 0 unspecified atom stereocenters. The van der Waals surface area contributed by atoms with Crippen LogP contribution in [0.5, 0.6) is 5.75 Å². The molecular weight excluding hydrogens is 360 g/mol. The summed E-state index contributed by atoms with van der Waals surface area (Å²) in [6.07, 6.45) is 4.00. The van der Waals surface area contributed by atoms with Gasteiger partial charge in [-0.1, -0.05) is 23.7 Å². The monoisotopic (exact) mass is 384 g/mol. The Hall–Kier alpha value is -2.26. The Kier molecular flexibility index (Phi) is 6.22. The van der Waals surface area contributed by atoms with Crippen molar-refractivity contribution in [3.05, 3.63) is 69.2 Å². The zero-order valence-electron chi connectivity index (χ0n) is 15.8. The summed E-state index contributed by atoms with van der Waals surface area (Å²) in [6, 6.07) is 12.1. The number of hydrogen-bond donors (Lipinski definition) is 1. The smallest absolute Gasteiger partial charge is 0.303 e. The van der Waals surface area contributed by atoms with Gasteiger partial charge >= 0.3 is 5.97 Å². The summed E-state index contributed by atoms with van der Waals surface area (Å²) in [5, 5.41) is 9.67. The van der Waals surface area contributed by atoms with Crippen molar-refractivity contribution in [1.82, 2.24) is 0 Å². The zero-order chi connectivity index (χ0) is 19.4. The molecule has 0 atom stereocenters. The number of aryl methyl sites for hydroxylation is 2. The third-order valence-electron chi connectivity index (χ3n) is 5.20. The Labute approximate surface area is 165 Å². The van der Waals surface area contributed by atoms with Crippen LogP contribution >= 0.6 is 11.6 Å². The lowest BCUT2D eigenvalue weighted by Gasteiger charge is -2.14. The third-order valence-corrected chi connectivity index (χ3v) is 5.45. The summed E-state index contributed by atoms with van der Waals surface area (Å²) in [5.74, 6) is 0.0796. The highest BCUT2D eigenvalue weighted by Crippen LogP contribution is 2.35. The van der Waals surface area contributed by atoms with Crippen molar-refractivity contribution in [3.8, 4) is 5.75 Å². The van der Waals surface area contributed by atoms with Gasteiger partial charge in [-0.25, -0.2) is 0 Å². The predicted octanol–water partition coefficient (Wildman–Crippen LogP) is 5.99. The van der Waals surface area contributed by atoms with Crippen molar-refractivity contribution >= 4 is 23.1 Å². The first-order valence-electron chi connectivity index (χ1n) is 9.35. The van der Waals surface area contributed by atoms with Crippen molar-refractivity contribution in [2.24, 2.45) is 0 Å². The Morgan fingerprint density at radius 3 is 2.41 bits per heavy atom. The molecule has 0 amide bonds. The standard InChI is InChI=1S/C23H25ClO3/c1-15-12-20(13-16(2)21(15)10-11-23(25)26)27-14-18-4-3-5-22(18)17-6-8-19(24)9-7-17/h6-9,12-13H,3-5,10-11,14H2,1-2H3,(H,25,26). The number of rotatable bonds is 7. The molecule has 1 N–H and O–H groups in total. The molecule has 0 spiro atoms. The van der Waals surface area contributed by atoms with E-state index in [9.17, 15) is 4.79 Å². The summed E-state index contributed by atoms with van der Waals surface area (Å²) in [4.78, 5) is 10.8. The summed E-state index contributed by atoms with van der Waals surface area (Å²) in [6.45, 7) is 4.63. The van der Waals surface area contributed by atoms with Gasteiger partial charge in [0.2, 0.25) is 0 Å². The van der Waals surface area contributed by atoms with E-state index in [-0.39, 0.29) is 6.42 Å². The number of carboxylic acid groups (broad SMARTS) is 1. The second-order valence-corrected chi connectivity index (χ2v) is 7.60. The largest absolute Gasteiger partial charge is 0.489 e. The van der Waals surface area contributed by atoms with Gasteiger partial charge < -0.3 is 9.84 Å². The Balaban J connectivity index is 1.73. The van der Waals surface area contributed by atoms with E-state index in [2.05, 4.69) is 12.1 Å². The fourth-order valence-electron chi connectivity index (χ4n) is 3.80. The highest BCUT2D eigenvalue weighted by molar-refractivity contribution is 6.30. The molecule has 3 rings (SSSR count). The summed E-state index contributed by atoms with van der Waals surface area (Å²) >= 11 is 6.00. The molecule has 0 saturated carbocycles. The number of carboxylic acids is 1. The fourth-order valence-corrected chi connectivity index (χ4v) is 3.92. The Morgan fingerprint density at radius 2 is 1.78 bits per heavy atom. The van der Waals surface area contributed by atoms with E-state index in [4.69, 9.17) is 21.4 Å². The fraction of sp³-hybridized carbons (Fsp3) is 0.348. The minimum absolute atomic E-state index is 0.152. The second kappa shape index (κ2) is 8.62. The van der Waals surface area contributed by atoms with Crippen LogP contribution in [0.3, 0.4) is 0 Å². The van der Waals surface area contributed by atoms with Gasteiger partial charge in [-0.2, -0.15) is 0 Å². The molecule has 142 valence electrons. The van der Waals surface area contributed by atoms with E-state index < -0.39 is 5.97 Å². The van der Waals surface area contributed by atoms with Gasteiger partial charge in [-0.15, -0.1) is 0 Å². The van der Waals surface area contributed by atoms with Gasteiger partial charge in [0, 0.05) is 11.4 Å². The number of halogens is 1. The van der Waals surface area contributed by atoms with E-state index in [0.29, 0.717) is 13.0 Å². The van der Waals surface area contributed by atoms with Crippen LogP contribution in [0.4, 0.5) is 0 Å². The second-order valence-electron chi connectivity index (χ2n) is 7.16. The minimum atomic E-state index is -0.767. The molecule has 2 aromatic carbocycles. The number of benzene rings is 2. The first kappa shape index (κ1) is 19.5. The van der Waals surface area contributed by atoms with Gasteiger partial charge in [0.25, 0.3) is 0 Å². The minimum Gasteiger partial charge on any atom is -0.489 e. The van der Waals surface area contributed by atoms with Gasteiger partial charge in [-0.05, 0) is 97.2 Å². The molecule has 0 bridgehead atoms. The molecule has 0 radical (unpaired) electrons. The molecule has 1 aliphatic rings. The van der Waals surface area contributed by atoms with Crippen molar-refractivity contribution < 1.29 is 14.6 Å². The van der Waals surface area contributed by atoms with Crippen molar-refractivity contribution in [2.45, 2.75) is 46.0 Å². The van der Waals surface area contributed by atoms with Crippen LogP contribution in [-0.2, 0) is 11.2 Å². The highest BCUT2D eigenvalue weighted by atomic mass is 35.5. The lowest BCUT2D eigenvalue weighted by molar-refractivity contribution is -0.136. The topological polar surface area (TPSA) is 46.5 Å². The maximum Gasteiger partial charge on any atom is 0.303 e. The van der Waals surface area contributed by atoms with Crippen LogP contribution in [0.2, 0.25) is 5.02 Å². The first-order chi connectivity index (χ1) is 12.9. The number of hydrogen-bond acceptors (Lipinski definition) is 2. The molecule has 2 aromatic rings. The van der Waals surface area contributed by atoms with Crippen LogP contribution in [0, 0.1) is 13.8 Å². The van der Waals surface area contributed by atoms with Crippen LogP contribution in [0.25, 0.3) is 5.57 Å². The highest BCUT2D eigenvalue weighted by Gasteiger charge is 2.17. The maximum atomic E-state index is 10.8. The quantitative estimate of drug-likeness (QED) is 0.637. The number of ether oxygens (including phenoxy) is 1. The van der Waals surface area contributed by atoms with E-state index in [0.717, 1.165) is 46.7 Å². The average molecular weight is 385 g/mol. The van der Waals surface area contributed by atoms with Gasteiger partial charge in [-0.3, -0.25) is 4.79 Å². The summed E-state index contributed by atoms with van der Waals surface area (Å²) < 4.78 is 6.11. The van der Waals surface area contributed by atoms with Gasteiger partial charge in [0.1, 0.15) is 12.4 Å². The molecule has 0 aliphatic heterocycles. The number of allylic oxidation sites excluding steroid dienone is 1. The molecule has 1 aliphatic carbocycles. The van der Waals surface area contributed by atoms with Crippen molar-refractivity contribution in [1.29, 1.82) is 0 Å². The maximum absolute atomic E-state index is 10.8. The molecular formula is C23H25ClO3. The lowest BCUT2D eigenvalue weighted by Crippen LogP contribution is -2.04. The van der Waals surface area contributed by atoms with Crippen molar-refractivity contribution in [2.75, 3.05) is 6.61 Å². The van der Waals surface area contributed by atoms with E-state index in [1.54, 1.807) is 0 Å². The zero-order valence-corrected chi connectivity index (χ0v) is 16.6. The van der Waals surface area contributed by atoms with Crippen LogP contribution < -0.4 is 4.74 Å². The number of aliphatic carboxylic acids is 1. The van der Waals surface area contributed by atoms with Gasteiger partial charge in [0.05, 0.1) is 0 Å². The molecule has 0 aromatic heterocycles. The molecule has 0 heterocycles. The normalized spacial score (nSPS) is 13.9. The molecule has 0 fully saturated rings. The van der Waals surface area contributed by atoms with Crippen LogP contribution in [0.1, 0.15) is 47.9 Å². The third kappa shape index (κ3) is 4.92. The van der Waals surface area contributed by atoms with Crippen molar-refractivity contribution in [3.63, 3.8) is 0 Å². The Morgan fingerprint density at radius 1 is 1.11 bits per heavy atom. The molecule has 27 heavy (non-hydrogen) atoms. The summed E-state index contributed by atoms with van der Waals surface area (Å²) in [7, 11) is 0. The number of carbonyl (C=O) groups is 1. The molecule has 4 heteroatoms. The first-order valence-corrected chi connectivity index (χ1v) is 9.73. The predicted molar refractivity (Wildman–Crippen MR) is 110 cm³/mol.